The molecule has 3 rings (SSSR count). The summed E-state index contributed by atoms with van der Waals surface area (Å²) in [4.78, 5) is 30.9. The largest absolute Gasteiger partial charge is 0.479 e. The van der Waals surface area contributed by atoms with Crippen LogP contribution >= 0.6 is 11.3 Å². The third-order valence-electron chi connectivity index (χ3n) is 4.24. The van der Waals surface area contributed by atoms with Gasteiger partial charge in [0.2, 0.25) is 5.91 Å². The summed E-state index contributed by atoms with van der Waals surface area (Å²) in [5.41, 5.74) is 2.37. The van der Waals surface area contributed by atoms with Gasteiger partial charge in [0.15, 0.2) is 6.10 Å². The predicted molar refractivity (Wildman–Crippen MR) is 103 cm³/mol. The smallest absolute Gasteiger partial charge is 0.268 e. The van der Waals surface area contributed by atoms with E-state index in [1.165, 1.54) is 4.90 Å². The lowest BCUT2D eigenvalue weighted by Gasteiger charge is -2.32. The highest BCUT2D eigenvalue weighted by Gasteiger charge is 2.33. The van der Waals surface area contributed by atoms with Gasteiger partial charge >= 0.3 is 0 Å². The van der Waals surface area contributed by atoms with Crippen molar-refractivity contribution in [2.45, 2.75) is 39.7 Å². The minimum atomic E-state index is -0.613. The second kappa shape index (κ2) is 7.86. The van der Waals surface area contributed by atoms with E-state index in [2.05, 4.69) is 17.2 Å². The highest BCUT2D eigenvalue weighted by Crippen LogP contribution is 2.37. The first-order valence-electron chi connectivity index (χ1n) is 8.81. The van der Waals surface area contributed by atoms with Crippen molar-refractivity contribution in [3.63, 3.8) is 0 Å². The van der Waals surface area contributed by atoms with Gasteiger partial charge < -0.3 is 10.1 Å². The number of unbranched alkanes of at least 4 members (excludes halogenated alkanes) is 1. The van der Waals surface area contributed by atoms with Gasteiger partial charge in [-0.2, -0.15) is 0 Å². The maximum Gasteiger partial charge on any atom is 0.268 e. The molecule has 138 valence electrons. The first-order chi connectivity index (χ1) is 12.5. The summed E-state index contributed by atoms with van der Waals surface area (Å²) < 4.78 is 5.71. The number of hydrogen-bond acceptors (Lipinski definition) is 5. The maximum absolute atomic E-state index is 12.6. The number of fused-ring (bicyclic) bond motifs is 1. The van der Waals surface area contributed by atoms with Crippen molar-refractivity contribution < 1.29 is 14.3 Å². The quantitative estimate of drug-likeness (QED) is 0.790. The van der Waals surface area contributed by atoms with Crippen LogP contribution in [0.5, 0.6) is 5.75 Å². The summed E-state index contributed by atoms with van der Waals surface area (Å²) in [7, 11) is 0. The van der Waals surface area contributed by atoms with Crippen molar-refractivity contribution in [3.8, 4) is 17.0 Å². The molecule has 1 unspecified atom stereocenters. The van der Waals surface area contributed by atoms with Gasteiger partial charge in [0.25, 0.3) is 5.91 Å². The molecule has 6 nitrogen and oxygen atoms in total. The average Bonchev–Trinajstić information content (AvgIpc) is 3.05. The van der Waals surface area contributed by atoms with Gasteiger partial charge in [-0.05, 0) is 38.5 Å². The van der Waals surface area contributed by atoms with Crippen LogP contribution in [0.4, 0.5) is 5.69 Å². The van der Waals surface area contributed by atoms with Gasteiger partial charge in [0.05, 0.1) is 16.4 Å². The molecule has 1 N–H and O–H groups in total. The summed E-state index contributed by atoms with van der Waals surface area (Å²) in [6.45, 7) is 6.33. The zero-order valence-corrected chi connectivity index (χ0v) is 16.1. The van der Waals surface area contributed by atoms with E-state index in [1.54, 1.807) is 18.3 Å². The molecule has 1 aliphatic rings. The van der Waals surface area contributed by atoms with Gasteiger partial charge in [0.1, 0.15) is 12.3 Å². The van der Waals surface area contributed by atoms with Crippen LogP contribution in [0.25, 0.3) is 11.3 Å². The molecular formula is C19H23N3O3S. The van der Waals surface area contributed by atoms with E-state index in [0.29, 0.717) is 18.0 Å². The Bertz CT molecular complexity index is 818. The molecule has 1 aliphatic heterocycles. The Kier molecular flexibility index (Phi) is 5.56. The van der Waals surface area contributed by atoms with Crippen molar-refractivity contribution in [2.24, 2.45) is 0 Å². The van der Waals surface area contributed by atoms with E-state index in [9.17, 15) is 9.59 Å². The fraction of sp³-hybridized carbons (Fsp3) is 0.421. The Labute approximate surface area is 157 Å². The summed E-state index contributed by atoms with van der Waals surface area (Å²) in [6, 6.07) is 5.63. The lowest BCUT2D eigenvalue weighted by molar-refractivity contribution is -0.128. The number of thiazole rings is 1. The number of aromatic nitrogens is 1. The zero-order valence-electron chi connectivity index (χ0n) is 15.2. The minimum absolute atomic E-state index is 0.0111. The summed E-state index contributed by atoms with van der Waals surface area (Å²) in [5.74, 6) is 0.227. The molecule has 7 heteroatoms. The van der Waals surface area contributed by atoms with Crippen LogP contribution in [0, 0.1) is 6.92 Å². The number of ether oxygens (including phenoxy) is 1. The number of carbonyl (C=O) groups is 2. The van der Waals surface area contributed by atoms with Crippen LogP contribution in [0.2, 0.25) is 0 Å². The van der Waals surface area contributed by atoms with Gasteiger partial charge in [0, 0.05) is 17.5 Å². The lowest BCUT2D eigenvalue weighted by Crippen LogP contribution is -2.48. The van der Waals surface area contributed by atoms with E-state index in [1.807, 2.05) is 30.5 Å². The Hall–Kier alpha value is -2.41. The third kappa shape index (κ3) is 3.88. The molecule has 2 aromatic rings. The number of rotatable bonds is 6. The van der Waals surface area contributed by atoms with Crippen LogP contribution in [-0.4, -0.2) is 36.0 Å². The molecule has 0 radical (unpaired) electrons. The molecule has 0 spiro atoms. The van der Waals surface area contributed by atoms with E-state index in [0.717, 1.165) is 29.1 Å². The summed E-state index contributed by atoms with van der Waals surface area (Å²) >= 11 is 1.57. The first kappa shape index (κ1) is 18.4. The highest BCUT2D eigenvalue weighted by molar-refractivity contribution is 7.09. The first-order valence-corrected chi connectivity index (χ1v) is 9.69. The molecule has 0 fully saturated rings. The lowest BCUT2D eigenvalue weighted by atomic mass is 10.1. The number of aryl methyl sites for hydroxylation is 1. The molecule has 0 saturated carbocycles. The van der Waals surface area contributed by atoms with E-state index in [4.69, 9.17) is 4.74 Å². The molecule has 1 aromatic carbocycles. The van der Waals surface area contributed by atoms with Crippen LogP contribution in [-0.2, 0) is 9.59 Å². The van der Waals surface area contributed by atoms with E-state index in [-0.39, 0.29) is 18.4 Å². The number of benzene rings is 1. The summed E-state index contributed by atoms with van der Waals surface area (Å²) in [5, 5.41) is 5.82. The van der Waals surface area contributed by atoms with Gasteiger partial charge in [-0.25, -0.2) is 4.98 Å². The van der Waals surface area contributed by atoms with Crippen molar-refractivity contribution in [1.82, 2.24) is 10.3 Å². The monoisotopic (exact) mass is 373 g/mol. The molecule has 0 aliphatic carbocycles. The summed E-state index contributed by atoms with van der Waals surface area (Å²) in [6.07, 6.45) is 1.31. The number of amides is 2. The molecular weight excluding hydrogens is 350 g/mol. The highest BCUT2D eigenvalue weighted by atomic mass is 32.1. The molecule has 2 amide bonds. The fourth-order valence-corrected chi connectivity index (χ4v) is 3.45. The van der Waals surface area contributed by atoms with Gasteiger partial charge in [-0.1, -0.05) is 13.3 Å². The Morgan fingerprint density at radius 1 is 1.42 bits per heavy atom. The van der Waals surface area contributed by atoms with Crippen LogP contribution in [0.1, 0.15) is 31.7 Å². The fourth-order valence-electron chi connectivity index (χ4n) is 2.83. The molecule has 1 aromatic heterocycles. The number of anilines is 1. The second-order valence-electron chi connectivity index (χ2n) is 6.32. The maximum atomic E-state index is 12.6. The van der Waals surface area contributed by atoms with Crippen molar-refractivity contribution in [3.05, 3.63) is 28.6 Å². The van der Waals surface area contributed by atoms with Gasteiger partial charge in [-0.15, -0.1) is 11.3 Å². The standard InChI is InChI=1S/C19H23N3O3S/c1-4-5-8-20-18(23)10-22-16-9-14(15-11-26-13(3)21-15)6-7-17(16)25-12(2)19(22)24/h6-7,9,11-12H,4-5,8,10H2,1-3H3,(H,20,23). The number of carbonyl (C=O) groups excluding carboxylic acids is 2. The van der Waals surface area contributed by atoms with E-state index >= 15 is 0 Å². The number of nitrogens with zero attached hydrogens (tertiary/aromatic N) is 2. The topological polar surface area (TPSA) is 71.5 Å². The predicted octanol–water partition coefficient (Wildman–Crippen LogP) is 3.15. The average molecular weight is 373 g/mol. The minimum Gasteiger partial charge on any atom is -0.479 e. The third-order valence-corrected chi connectivity index (χ3v) is 5.01. The molecule has 0 saturated heterocycles. The van der Waals surface area contributed by atoms with Crippen LogP contribution in [0.3, 0.4) is 0 Å². The number of nitrogens with one attached hydrogen (secondary N) is 1. The number of hydrogen-bond donors (Lipinski definition) is 1. The van der Waals surface area contributed by atoms with Crippen LogP contribution in [0.15, 0.2) is 23.6 Å². The van der Waals surface area contributed by atoms with Crippen molar-refractivity contribution in [1.29, 1.82) is 0 Å². The van der Waals surface area contributed by atoms with Crippen LogP contribution < -0.4 is 15.0 Å². The van der Waals surface area contributed by atoms with Crippen molar-refractivity contribution in [2.75, 3.05) is 18.0 Å². The normalized spacial score (nSPS) is 16.2. The Balaban J connectivity index is 1.87. The zero-order chi connectivity index (χ0) is 18.7. The molecule has 26 heavy (non-hydrogen) atoms. The Morgan fingerprint density at radius 2 is 2.23 bits per heavy atom. The van der Waals surface area contributed by atoms with E-state index < -0.39 is 6.10 Å². The second-order valence-corrected chi connectivity index (χ2v) is 7.38. The Morgan fingerprint density at radius 3 is 2.92 bits per heavy atom. The van der Waals surface area contributed by atoms with Crippen molar-refractivity contribution >= 4 is 28.8 Å². The molecule has 0 bridgehead atoms. The SMILES string of the molecule is CCCCNC(=O)CN1C(=O)C(C)Oc2ccc(-c3csc(C)n3)cc21. The van der Waals surface area contributed by atoms with Gasteiger partial charge in [-0.3, -0.25) is 14.5 Å². The molecule has 2 heterocycles. The molecule has 1 atom stereocenters.